The van der Waals surface area contributed by atoms with E-state index in [1.807, 2.05) is 54.6 Å². The van der Waals surface area contributed by atoms with Crippen molar-refractivity contribution in [3.8, 4) is 0 Å². The molecular formula is C23H28BrN3O3. The van der Waals surface area contributed by atoms with Gasteiger partial charge in [0, 0.05) is 31.0 Å². The number of morpholine rings is 1. The second kappa shape index (κ2) is 11.2. The van der Waals surface area contributed by atoms with Gasteiger partial charge in [-0.05, 0) is 23.3 Å². The van der Waals surface area contributed by atoms with Crippen molar-refractivity contribution in [1.29, 1.82) is 0 Å². The van der Waals surface area contributed by atoms with Crippen LogP contribution in [-0.2, 0) is 14.3 Å². The molecule has 2 unspecified atom stereocenters. The van der Waals surface area contributed by atoms with E-state index in [1.54, 1.807) is 0 Å². The average Bonchev–Trinajstić information content (AvgIpc) is 2.74. The number of nitrogens with one attached hydrogen (secondary N) is 2. The zero-order valence-electron chi connectivity index (χ0n) is 17.1. The number of amides is 2. The number of hydrogen-bond acceptors (Lipinski definition) is 4. The van der Waals surface area contributed by atoms with Gasteiger partial charge in [0.1, 0.15) is 0 Å². The summed E-state index contributed by atoms with van der Waals surface area (Å²) in [5, 5.41) is 6.08. The maximum absolute atomic E-state index is 13.0. The maximum Gasteiger partial charge on any atom is 0.222 e. The van der Waals surface area contributed by atoms with Gasteiger partial charge in [-0.15, -0.1) is 0 Å². The highest BCUT2D eigenvalue weighted by molar-refractivity contribution is 9.10. The van der Waals surface area contributed by atoms with Crippen LogP contribution in [0.4, 0.5) is 0 Å². The van der Waals surface area contributed by atoms with Crippen molar-refractivity contribution in [2.45, 2.75) is 25.4 Å². The van der Waals surface area contributed by atoms with Gasteiger partial charge in [0.05, 0.1) is 31.7 Å². The van der Waals surface area contributed by atoms with Crippen LogP contribution in [0.5, 0.6) is 0 Å². The summed E-state index contributed by atoms with van der Waals surface area (Å²) in [6.07, 6.45) is 0.174. The molecule has 2 aromatic rings. The molecule has 2 N–H and O–H groups in total. The van der Waals surface area contributed by atoms with Crippen LogP contribution >= 0.6 is 15.9 Å². The SMILES string of the molecule is CC(=O)NC(CC(=O)NC(CN1CCOCC1)c1ccccc1)c1ccc(Br)cc1. The van der Waals surface area contributed by atoms with Gasteiger partial charge in [-0.25, -0.2) is 0 Å². The molecule has 1 heterocycles. The van der Waals surface area contributed by atoms with Gasteiger partial charge in [0.25, 0.3) is 0 Å². The molecule has 30 heavy (non-hydrogen) atoms. The zero-order chi connectivity index (χ0) is 21.3. The Balaban J connectivity index is 1.70. The summed E-state index contributed by atoms with van der Waals surface area (Å²) in [7, 11) is 0. The Kier molecular flexibility index (Phi) is 8.42. The molecule has 6 nitrogen and oxygen atoms in total. The minimum atomic E-state index is -0.379. The molecule has 1 aliphatic heterocycles. The molecule has 0 bridgehead atoms. The lowest BCUT2D eigenvalue weighted by atomic mass is 10.0. The predicted octanol–water partition coefficient (Wildman–Crippen LogP) is 3.21. The molecule has 7 heteroatoms. The van der Waals surface area contributed by atoms with Gasteiger partial charge < -0.3 is 15.4 Å². The number of carbonyl (C=O) groups excluding carboxylic acids is 2. The molecule has 1 aliphatic rings. The molecule has 0 radical (unpaired) electrons. The number of nitrogens with zero attached hydrogens (tertiary/aromatic N) is 1. The third-order valence-corrected chi connectivity index (χ3v) is 5.65. The van der Waals surface area contributed by atoms with Crippen LogP contribution < -0.4 is 10.6 Å². The van der Waals surface area contributed by atoms with Crippen LogP contribution in [0.1, 0.15) is 36.6 Å². The van der Waals surface area contributed by atoms with Crippen molar-refractivity contribution in [2.75, 3.05) is 32.8 Å². The lowest BCUT2D eigenvalue weighted by Gasteiger charge is -2.31. The van der Waals surface area contributed by atoms with Crippen molar-refractivity contribution >= 4 is 27.7 Å². The molecular weight excluding hydrogens is 446 g/mol. The van der Waals surface area contributed by atoms with E-state index in [4.69, 9.17) is 4.74 Å². The van der Waals surface area contributed by atoms with E-state index < -0.39 is 0 Å². The fourth-order valence-electron chi connectivity index (χ4n) is 3.59. The van der Waals surface area contributed by atoms with Crippen molar-refractivity contribution in [3.63, 3.8) is 0 Å². The van der Waals surface area contributed by atoms with Crippen LogP contribution in [-0.4, -0.2) is 49.6 Å². The molecule has 0 aliphatic carbocycles. The van der Waals surface area contributed by atoms with E-state index in [2.05, 4.69) is 31.5 Å². The Morgan fingerprint density at radius 3 is 2.23 bits per heavy atom. The number of ether oxygens (including phenoxy) is 1. The molecule has 1 saturated heterocycles. The molecule has 0 aromatic heterocycles. The van der Waals surface area contributed by atoms with E-state index in [0.717, 1.165) is 35.2 Å². The first-order valence-corrected chi connectivity index (χ1v) is 11.0. The Labute approximate surface area is 186 Å². The molecule has 2 aromatic carbocycles. The Morgan fingerprint density at radius 2 is 1.60 bits per heavy atom. The largest absolute Gasteiger partial charge is 0.379 e. The summed E-state index contributed by atoms with van der Waals surface area (Å²) in [6, 6.07) is 17.1. The second-order valence-electron chi connectivity index (χ2n) is 7.45. The fraction of sp³-hybridized carbons (Fsp3) is 0.391. The molecule has 0 spiro atoms. The summed E-state index contributed by atoms with van der Waals surface area (Å²) in [5.41, 5.74) is 1.96. The summed E-state index contributed by atoms with van der Waals surface area (Å²) in [6.45, 7) is 5.32. The molecule has 1 fully saturated rings. The molecule has 2 amide bonds. The normalized spacial score (nSPS) is 16.5. The Bertz CT molecular complexity index is 823. The summed E-state index contributed by atoms with van der Waals surface area (Å²) in [4.78, 5) is 27.0. The first-order chi connectivity index (χ1) is 14.5. The number of halogens is 1. The summed E-state index contributed by atoms with van der Waals surface area (Å²) >= 11 is 3.42. The van der Waals surface area contributed by atoms with Crippen LogP contribution in [0.25, 0.3) is 0 Å². The van der Waals surface area contributed by atoms with E-state index >= 15 is 0 Å². The Morgan fingerprint density at radius 1 is 0.967 bits per heavy atom. The first-order valence-electron chi connectivity index (χ1n) is 10.2. The molecule has 2 atom stereocenters. The topological polar surface area (TPSA) is 70.7 Å². The quantitative estimate of drug-likeness (QED) is 0.617. The monoisotopic (exact) mass is 473 g/mol. The minimum absolute atomic E-state index is 0.0984. The minimum Gasteiger partial charge on any atom is -0.379 e. The van der Waals surface area contributed by atoms with Crippen LogP contribution in [0.3, 0.4) is 0 Å². The fourth-order valence-corrected chi connectivity index (χ4v) is 3.86. The standard InChI is InChI=1S/C23H28BrN3O3/c1-17(28)25-21(19-7-9-20(24)10-8-19)15-23(29)26-22(18-5-3-2-4-6-18)16-27-11-13-30-14-12-27/h2-10,21-22H,11-16H2,1H3,(H,25,28)(H,26,29). The van der Waals surface area contributed by atoms with E-state index in [1.165, 1.54) is 6.92 Å². The molecule has 0 saturated carbocycles. The number of benzene rings is 2. The third kappa shape index (κ3) is 6.93. The van der Waals surface area contributed by atoms with E-state index in [9.17, 15) is 9.59 Å². The average molecular weight is 474 g/mol. The summed E-state index contributed by atoms with van der Waals surface area (Å²) < 4.78 is 6.39. The van der Waals surface area contributed by atoms with Gasteiger partial charge in [-0.3, -0.25) is 14.5 Å². The highest BCUT2D eigenvalue weighted by atomic mass is 79.9. The van der Waals surface area contributed by atoms with E-state index in [0.29, 0.717) is 13.2 Å². The highest BCUT2D eigenvalue weighted by Gasteiger charge is 2.23. The predicted molar refractivity (Wildman–Crippen MR) is 120 cm³/mol. The van der Waals surface area contributed by atoms with Gasteiger partial charge in [-0.1, -0.05) is 58.4 Å². The Hall–Kier alpha value is -2.22. The smallest absolute Gasteiger partial charge is 0.222 e. The van der Waals surface area contributed by atoms with Gasteiger partial charge in [-0.2, -0.15) is 0 Å². The maximum atomic E-state index is 13.0. The van der Waals surface area contributed by atoms with Crippen molar-refractivity contribution < 1.29 is 14.3 Å². The summed E-state index contributed by atoms with van der Waals surface area (Å²) in [5.74, 6) is -0.262. The van der Waals surface area contributed by atoms with Gasteiger partial charge in [0.15, 0.2) is 0 Å². The number of hydrogen-bond donors (Lipinski definition) is 2. The van der Waals surface area contributed by atoms with Gasteiger partial charge >= 0.3 is 0 Å². The van der Waals surface area contributed by atoms with Crippen LogP contribution in [0.2, 0.25) is 0 Å². The number of rotatable bonds is 8. The molecule has 160 valence electrons. The number of carbonyl (C=O) groups is 2. The van der Waals surface area contributed by atoms with Crippen LogP contribution in [0, 0.1) is 0 Å². The first kappa shape index (κ1) is 22.5. The van der Waals surface area contributed by atoms with Crippen molar-refractivity contribution in [1.82, 2.24) is 15.5 Å². The van der Waals surface area contributed by atoms with Gasteiger partial charge in [0.2, 0.25) is 11.8 Å². The van der Waals surface area contributed by atoms with E-state index in [-0.39, 0.29) is 30.3 Å². The van der Waals surface area contributed by atoms with Crippen LogP contribution in [0.15, 0.2) is 59.1 Å². The van der Waals surface area contributed by atoms with Crippen molar-refractivity contribution in [2.24, 2.45) is 0 Å². The molecule has 3 rings (SSSR count). The van der Waals surface area contributed by atoms with Crippen molar-refractivity contribution in [3.05, 3.63) is 70.2 Å². The third-order valence-electron chi connectivity index (χ3n) is 5.12. The highest BCUT2D eigenvalue weighted by Crippen LogP contribution is 2.21. The lowest BCUT2D eigenvalue weighted by molar-refractivity contribution is -0.123. The second-order valence-corrected chi connectivity index (χ2v) is 8.37. The zero-order valence-corrected chi connectivity index (χ0v) is 18.7. The lowest BCUT2D eigenvalue weighted by Crippen LogP contribution is -2.43.